The summed E-state index contributed by atoms with van der Waals surface area (Å²) < 4.78 is 0.972. The van der Waals surface area contributed by atoms with Gasteiger partial charge in [-0.25, -0.2) is 0 Å². The summed E-state index contributed by atoms with van der Waals surface area (Å²) in [7, 11) is 0. The molecule has 0 radical (unpaired) electrons. The van der Waals surface area contributed by atoms with Crippen LogP contribution in [0.1, 0.15) is 22.3 Å². The fourth-order valence-corrected chi connectivity index (χ4v) is 2.54. The van der Waals surface area contributed by atoms with Crippen LogP contribution in [0.2, 0.25) is 0 Å². The SMILES string of the molecule is Cc1c(Br)cccc1C(=O)N1CCC(Cl)C1. The Bertz CT molecular complexity index is 421. The molecule has 0 saturated carbocycles. The van der Waals surface area contributed by atoms with Gasteiger partial charge in [-0.15, -0.1) is 11.6 Å². The standard InChI is InChI=1S/C12H13BrClNO/c1-8-10(3-2-4-11(8)13)12(16)15-6-5-9(14)7-15/h2-4,9H,5-7H2,1H3. The first-order valence-corrected chi connectivity index (χ1v) is 6.51. The molecule has 4 heteroatoms. The Balaban J connectivity index is 2.24. The van der Waals surface area contributed by atoms with Gasteiger partial charge in [0, 0.05) is 23.1 Å². The first-order valence-electron chi connectivity index (χ1n) is 5.28. The lowest BCUT2D eigenvalue weighted by Crippen LogP contribution is -2.29. The highest BCUT2D eigenvalue weighted by molar-refractivity contribution is 9.10. The molecule has 1 aromatic carbocycles. The Labute approximate surface area is 109 Å². The molecule has 2 rings (SSSR count). The minimum Gasteiger partial charge on any atom is -0.337 e. The summed E-state index contributed by atoms with van der Waals surface area (Å²) in [5, 5.41) is 0.108. The van der Waals surface area contributed by atoms with Gasteiger partial charge in [0.15, 0.2) is 0 Å². The van der Waals surface area contributed by atoms with E-state index in [-0.39, 0.29) is 11.3 Å². The zero-order valence-corrected chi connectivity index (χ0v) is 11.4. The van der Waals surface area contributed by atoms with E-state index in [2.05, 4.69) is 15.9 Å². The highest BCUT2D eigenvalue weighted by Crippen LogP contribution is 2.23. The third kappa shape index (κ3) is 2.25. The molecular weight excluding hydrogens is 289 g/mol. The van der Waals surface area contributed by atoms with Crippen molar-refractivity contribution in [3.8, 4) is 0 Å². The summed E-state index contributed by atoms with van der Waals surface area (Å²) in [5.74, 6) is 0.0851. The van der Waals surface area contributed by atoms with Gasteiger partial charge in [0.05, 0.1) is 5.38 Å². The van der Waals surface area contributed by atoms with Crippen molar-refractivity contribution >= 4 is 33.4 Å². The van der Waals surface area contributed by atoms with Crippen molar-refractivity contribution in [3.63, 3.8) is 0 Å². The zero-order valence-electron chi connectivity index (χ0n) is 9.04. The van der Waals surface area contributed by atoms with Gasteiger partial charge in [-0.1, -0.05) is 22.0 Å². The number of rotatable bonds is 1. The van der Waals surface area contributed by atoms with Gasteiger partial charge >= 0.3 is 0 Å². The highest BCUT2D eigenvalue weighted by Gasteiger charge is 2.26. The molecule has 0 N–H and O–H groups in total. The van der Waals surface area contributed by atoms with Crippen LogP contribution in [0.3, 0.4) is 0 Å². The molecule has 1 fully saturated rings. The van der Waals surface area contributed by atoms with Crippen molar-refractivity contribution in [2.24, 2.45) is 0 Å². The normalized spacial score (nSPS) is 20.2. The molecule has 0 bridgehead atoms. The van der Waals surface area contributed by atoms with Gasteiger partial charge in [-0.3, -0.25) is 4.79 Å². The lowest BCUT2D eigenvalue weighted by molar-refractivity contribution is 0.0792. The lowest BCUT2D eigenvalue weighted by atomic mass is 10.1. The van der Waals surface area contributed by atoms with E-state index in [1.165, 1.54) is 0 Å². The van der Waals surface area contributed by atoms with Crippen LogP contribution in [-0.2, 0) is 0 Å². The third-order valence-corrected chi connectivity index (χ3v) is 4.13. The molecule has 1 aromatic rings. The molecule has 1 aliphatic rings. The van der Waals surface area contributed by atoms with Gasteiger partial charge in [0.1, 0.15) is 0 Å². The van der Waals surface area contributed by atoms with E-state index >= 15 is 0 Å². The number of hydrogen-bond acceptors (Lipinski definition) is 1. The fraction of sp³-hybridized carbons (Fsp3) is 0.417. The topological polar surface area (TPSA) is 20.3 Å². The smallest absolute Gasteiger partial charge is 0.254 e. The van der Waals surface area contributed by atoms with E-state index < -0.39 is 0 Å². The van der Waals surface area contributed by atoms with Crippen molar-refractivity contribution in [1.82, 2.24) is 4.90 Å². The summed E-state index contributed by atoms with van der Waals surface area (Å²) >= 11 is 9.44. The molecule has 86 valence electrons. The van der Waals surface area contributed by atoms with Crippen LogP contribution in [-0.4, -0.2) is 29.3 Å². The summed E-state index contributed by atoms with van der Waals surface area (Å²) in [6, 6.07) is 5.70. The van der Waals surface area contributed by atoms with Crippen molar-refractivity contribution in [2.45, 2.75) is 18.7 Å². The van der Waals surface area contributed by atoms with Gasteiger partial charge in [-0.05, 0) is 31.0 Å². The summed E-state index contributed by atoms with van der Waals surface area (Å²) in [6.07, 6.45) is 0.889. The number of nitrogens with zero attached hydrogens (tertiary/aromatic N) is 1. The van der Waals surface area contributed by atoms with E-state index in [1.54, 1.807) is 0 Å². The molecule has 0 aliphatic carbocycles. The average Bonchev–Trinajstić information content (AvgIpc) is 2.68. The number of hydrogen-bond donors (Lipinski definition) is 0. The first kappa shape index (κ1) is 11.9. The predicted octanol–water partition coefficient (Wildman–Crippen LogP) is 3.21. The maximum Gasteiger partial charge on any atom is 0.254 e. The molecule has 1 unspecified atom stereocenters. The van der Waals surface area contributed by atoms with Crippen LogP contribution < -0.4 is 0 Å². The second-order valence-electron chi connectivity index (χ2n) is 4.05. The van der Waals surface area contributed by atoms with Crippen molar-refractivity contribution in [2.75, 3.05) is 13.1 Å². The molecule has 1 amide bonds. The number of halogens is 2. The second-order valence-corrected chi connectivity index (χ2v) is 5.52. The Morgan fingerprint density at radius 1 is 1.56 bits per heavy atom. The number of carbonyl (C=O) groups is 1. The maximum absolute atomic E-state index is 12.2. The van der Waals surface area contributed by atoms with Crippen LogP contribution >= 0.6 is 27.5 Å². The minimum atomic E-state index is 0.0851. The molecule has 1 saturated heterocycles. The van der Waals surface area contributed by atoms with Crippen LogP contribution in [0.25, 0.3) is 0 Å². The molecule has 1 atom stereocenters. The summed E-state index contributed by atoms with van der Waals surface area (Å²) in [5.41, 5.74) is 1.76. The van der Waals surface area contributed by atoms with E-state index in [0.29, 0.717) is 6.54 Å². The zero-order chi connectivity index (χ0) is 11.7. The minimum absolute atomic E-state index is 0.0851. The van der Waals surface area contributed by atoms with E-state index in [4.69, 9.17) is 11.6 Å². The highest BCUT2D eigenvalue weighted by atomic mass is 79.9. The average molecular weight is 303 g/mol. The summed E-state index contributed by atoms with van der Waals surface area (Å²) in [4.78, 5) is 14.0. The molecule has 0 aromatic heterocycles. The number of likely N-dealkylation sites (tertiary alicyclic amines) is 1. The van der Waals surface area contributed by atoms with Gasteiger partial charge in [0.2, 0.25) is 0 Å². The second kappa shape index (κ2) is 4.76. The largest absolute Gasteiger partial charge is 0.337 e. The van der Waals surface area contributed by atoms with Crippen LogP contribution in [0.4, 0.5) is 0 Å². The number of alkyl halides is 1. The Kier molecular flexibility index (Phi) is 3.55. The fourth-order valence-electron chi connectivity index (χ4n) is 1.91. The van der Waals surface area contributed by atoms with Gasteiger partial charge in [0.25, 0.3) is 5.91 Å². The number of amides is 1. The lowest BCUT2D eigenvalue weighted by Gasteiger charge is -2.17. The van der Waals surface area contributed by atoms with Crippen molar-refractivity contribution in [1.29, 1.82) is 0 Å². The molecule has 16 heavy (non-hydrogen) atoms. The van der Waals surface area contributed by atoms with E-state index in [1.807, 2.05) is 30.0 Å². The first-order chi connectivity index (χ1) is 7.59. The Hall–Kier alpha value is -0.540. The Morgan fingerprint density at radius 3 is 2.94 bits per heavy atom. The van der Waals surface area contributed by atoms with Crippen LogP contribution in [0, 0.1) is 6.92 Å². The predicted molar refractivity (Wildman–Crippen MR) is 69.0 cm³/mol. The van der Waals surface area contributed by atoms with Crippen LogP contribution in [0.15, 0.2) is 22.7 Å². The Morgan fingerprint density at radius 2 is 2.31 bits per heavy atom. The monoisotopic (exact) mass is 301 g/mol. The molecule has 2 nitrogen and oxygen atoms in total. The van der Waals surface area contributed by atoms with Crippen molar-refractivity contribution in [3.05, 3.63) is 33.8 Å². The molecule has 1 heterocycles. The van der Waals surface area contributed by atoms with E-state index in [0.717, 1.165) is 28.6 Å². The quantitative estimate of drug-likeness (QED) is 0.730. The molecular formula is C12H13BrClNO. The summed E-state index contributed by atoms with van der Waals surface area (Å²) in [6.45, 7) is 3.37. The van der Waals surface area contributed by atoms with Crippen LogP contribution in [0.5, 0.6) is 0 Å². The van der Waals surface area contributed by atoms with Gasteiger partial charge in [-0.2, -0.15) is 0 Å². The van der Waals surface area contributed by atoms with Gasteiger partial charge < -0.3 is 4.90 Å². The maximum atomic E-state index is 12.2. The third-order valence-electron chi connectivity index (χ3n) is 2.92. The van der Waals surface area contributed by atoms with E-state index in [9.17, 15) is 4.79 Å². The number of benzene rings is 1. The molecule has 0 spiro atoms. The number of carbonyl (C=O) groups excluding carboxylic acids is 1. The molecule has 1 aliphatic heterocycles. The van der Waals surface area contributed by atoms with Crippen molar-refractivity contribution < 1.29 is 4.79 Å².